The quantitative estimate of drug-likeness (QED) is 0.739. The van der Waals surface area contributed by atoms with Crippen LogP contribution < -0.4 is 15.4 Å². The van der Waals surface area contributed by atoms with Gasteiger partial charge in [-0.3, -0.25) is 4.79 Å². The fourth-order valence-electron chi connectivity index (χ4n) is 2.89. The van der Waals surface area contributed by atoms with Crippen molar-refractivity contribution in [2.45, 2.75) is 25.7 Å². The number of nitrogens with one attached hydrogen (secondary N) is 2. The standard InChI is InChI=1S/C19H23N3O4S/c1-12-17(27-19(21-12)13-7-9-20-10-8-13)18(24)22-14-3-5-15(6-4-14)26-11-16(23)25-2/h3-6,13,20H,7-11H2,1-2H3,(H,22,24). The van der Waals surface area contributed by atoms with E-state index in [1.54, 1.807) is 24.3 Å². The van der Waals surface area contributed by atoms with Crippen molar-refractivity contribution in [2.75, 3.05) is 32.1 Å². The van der Waals surface area contributed by atoms with Gasteiger partial charge in [-0.2, -0.15) is 0 Å². The van der Waals surface area contributed by atoms with Crippen LogP contribution in [0.5, 0.6) is 5.75 Å². The fraction of sp³-hybridized carbons (Fsp3) is 0.421. The highest BCUT2D eigenvalue weighted by Crippen LogP contribution is 2.31. The number of benzene rings is 1. The lowest BCUT2D eigenvalue weighted by Gasteiger charge is -2.20. The summed E-state index contributed by atoms with van der Waals surface area (Å²) in [5.41, 5.74) is 1.42. The Labute approximate surface area is 162 Å². The van der Waals surface area contributed by atoms with E-state index < -0.39 is 5.97 Å². The van der Waals surface area contributed by atoms with E-state index in [9.17, 15) is 9.59 Å². The van der Waals surface area contributed by atoms with Gasteiger partial charge in [0.05, 0.1) is 17.8 Å². The van der Waals surface area contributed by atoms with Crippen molar-refractivity contribution in [3.63, 3.8) is 0 Å². The number of nitrogens with zero attached hydrogens (tertiary/aromatic N) is 1. The van der Waals surface area contributed by atoms with Gasteiger partial charge < -0.3 is 20.1 Å². The van der Waals surface area contributed by atoms with E-state index in [2.05, 4.69) is 20.4 Å². The van der Waals surface area contributed by atoms with Gasteiger partial charge in [0.15, 0.2) is 6.61 Å². The molecule has 2 heterocycles. The number of anilines is 1. The van der Waals surface area contributed by atoms with Crippen molar-refractivity contribution in [1.29, 1.82) is 0 Å². The Kier molecular flexibility index (Phi) is 6.41. The summed E-state index contributed by atoms with van der Waals surface area (Å²) < 4.78 is 9.82. The van der Waals surface area contributed by atoms with Gasteiger partial charge in [-0.25, -0.2) is 9.78 Å². The molecular formula is C19H23N3O4S. The molecule has 0 radical (unpaired) electrons. The first-order chi connectivity index (χ1) is 13.1. The zero-order chi connectivity index (χ0) is 19.2. The van der Waals surface area contributed by atoms with Gasteiger partial charge in [0.25, 0.3) is 5.91 Å². The molecule has 0 bridgehead atoms. The average Bonchev–Trinajstić information content (AvgIpc) is 3.09. The first-order valence-electron chi connectivity index (χ1n) is 8.86. The van der Waals surface area contributed by atoms with Crippen molar-refractivity contribution < 1.29 is 19.1 Å². The van der Waals surface area contributed by atoms with Crippen LogP contribution in [-0.4, -0.2) is 43.7 Å². The molecule has 2 N–H and O–H groups in total. The molecule has 0 unspecified atom stereocenters. The summed E-state index contributed by atoms with van der Waals surface area (Å²) in [4.78, 5) is 29.0. The first-order valence-corrected chi connectivity index (χ1v) is 9.67. The molecule has 3 rings (SSSR count). The molecular weight excluding hydrogens is 366 g/mol. The number of aryl methyl sites for hydroxylation is 1. The van der Waals surface area contributed by atoms with Crippen LogP contribution in [0.2, 0.25) is 0 Å². The summed E-state index contributed by atoms with van der Waals surface area (Å²) in [7, 11) is 1.31. The van der Waals surface area contributed by atoms with Crippen LogP contribution in [0.25, 0.3) is 0 Å². The van der Waals surface area contributed by atoms with E-state index in [0.717, 1.165) is 36.6 Å². The monoisotopic (exact) mass is 389 g/mol. The van der Waals surface area contributed by atoms with E-state index >= 15 is 0 Å². The fourth-order valence-corrected chi connectivity index (χ4v) is 4.03. The molecule has 1 aliphatic rings. The highest BCUT2D eigenvalue weighted by Gasteiger charge is 2.22. The average molecular weight is 389 g/mol. The third kappa shape index (κ3) is 5.05. The third-order valence-corrected chi connectivity index (χ3v) is 5.72. The lowest BCUT2D eigenvalue weighted by atomic mass is 9.99. The Morgan fingerprint density at radius 1 is 1.26 bits per heavy atom. The van der Waals surface area contributed by atoms with Crippen LogP contribution in [-0.2, 0) is 9.53 Å². The number of carbonyl (C=O) groups excluding carboxylic acids is 2. The molecule has 1 aliphatic heterocycles. The largest absolute Gasteiger partial charge is 0.482 e. The van der Waals surface area contributed by atoms with E-state index in [-0.39, 0.29) is 12.5 Å². The molecule has 1 amide bonds. The van der Waals surface area contributed by atoms with Gasteiger partial charge in [-0.15, -0.1) is 11.3 Å². The Morgan fingerprint density at radius 2 is 1.96 bits per heavy atom. The Hall–Kier alpha value is -2.45. The molecule has 0 spiro atoms. The zero-order valence-electron chi connectivity index (χ0n) is 15.4. The van der Waals surface area contributed by atoms with Crippen molar-refractivity contribution in [3.05, 3.63) is 39.8 Å². The minimum absolute atomic E-state index is 0.151. The number of piperidine rings is 1. The molecule has 2 aromatic rings. The van der Waals surface area contributed by atoms with E-state index in [1.807, 2.05) is 6.92 Å². The minimum atomic E-state index is -0.447. The molecule has 144 valence electrons. The maximum absolute atomic E-state index is 12.6. The highest BCUT2D eigenvalue weighted by molar-refractivity contribution is 7.14. The second kappa shape index (κ2) is 8.96. The van der Waals surface area contributed by atoms with Crippen molar-refractivity contribution in [1.82, 2.24) is 10.3 Å². The molecule has 1 saturated heterocycles. The number of hydrogen-bond acceptors (Lipinski definition) is 7. The number of methoxy groups -OCH3 is 1. The first kappa shape index (κ1) is 19.3. The van der Waals surface area contributed by atoms with Gasteiger partial charge >= 0.3 is 5.97 Å². The number of esters is 1. The summed E-state index contributed by atoms with van der Waals surface area (Å²) in [6.07, 6.45) is 2.11. The van der Waals surface area contributed by atoms with Gasteiger partial charge in [-0.05, 0) is 57.1 Å². The Morgan fingerprint density at radius 3 is 2.63 bits per heavy atom. The predicted octanol–water partition coefficient (Wildman–Crippen LogP) is 2.72. The summed E-state index contributed by atoms with van der Waals surface area (Å²) in [6, 6.07) is 6.85. The zero-order valence-corrected chi connectivity index (χ0v) is 16.2. The highest BCUT2D eigenvalue weighted by atomic mass is 32.1. The number of amides is 1. The predicted molar refractivity (Wildman–Crippen MR) is 104 cm³/mol. The van der Waals surface area contributed by atoms with Gasteiger partial charge in [0.2, 0.25) is 0 Å². The van der Waals surface area contributed by atoms with Gasteiger partial charge in [0, 0.05) is 11.6 Å². The van der Waals surface area contributed by atoms with Crippen molar-refractivity contribution >= 4 is 28.9 Å². The molecule has 1 aromatic heterocycles. The SMILES string of the molecule is COC(=O)COc1ccc(NC(=O)c2sc(C3CCNCC3)nc2C)cc1. The Balaban J connectivity index is 1.61. The Bertz CT molecular complexity index is 798. The molecule has 0 aliphatic carbocycles. The summed E-state index contributed by atoms with van der Waals surface area (Å²) in [6.45, 7) is 3.71. The molecule has 1 aromatic carbocycles. The summed E-state index contributed by atoms with van der Waals surface area (Å²) in [5, 5.41) is 7.28. The maximum atomic E-state index is 12.6. The van der Waals surface area contributed by atoms with Crippen LogP contribution in [0.1, 0.15) is 39.1 Å². The molecule has 7 nitrogen and oxygen atoms in total. The number of thiazole rings is 1. The van der Waals surface area contributed by atoms with Crippen LogP contribution in [0.15, 0.2) is 24.3 Å². The normalized spacial score (nSPS) is 14.6. The molecule has 0 saturated carbocycles. The van der Waals surface area contributed by atoms with Crippen LogP contribution in [0.4, 0.5) is 5.69 Å². The number of ether oxygens (including phenoxy) is 2. The van der Waals surface area contributed by atoms with E-state index in [0.29, 0.717) is 22.2 Å². The summed E-state index contributed by atoms with van der Waals surface area (Å²) in [5.74, 6) is 0.356. The maximum Gasteiger partial charge on any atom is 0.343 e. The number of carbonyl (C=O) groups is 2. The third-order valence-electron chi connectivity index (χ3n) is 4.40. The topological polar surface area (TPSA) is 89.5 Å². The molecule has 8 heteroatoms. The van der Waals surface area contributed by atoms with Crippen LogP contribution in [0, 0.1) is 6.92 Å². The van der Waals surface area contributed by atoms with Crippen LogP contribution >= 0.6 is 11.3 Å². The van der Waals surface area contributed by atoms with Crippen molar-refractivity contribution in [3.8, 4) is 5.75 Å². The van der Waals surface area contributed by atoms with Gasteiger partial charge in [0.1, 0.15) is 10.6 Å². The molecule has 27 heavy (non-hydrogen) atoms. The van der Waals surface area contributed by atoms with Crippen molar-refractivity contribution in [2.24, 2.45) is 0 Å². The second-order valence-corrected chi connectivity index (χ2v) is 7.36. The minimum Gasteiger partial charge on any atom is -0.482 e. The lowest BCUT2D eigenvalue weighted by molar-refractivity contribution is -0.142. The van der Waals surface area contributed by atoms with Gasteiger partial charge in [-0.1, -0.05) is 0 Å². The summed E-state index contributed by atoms with van der Waals surface area (Å²) >= 11 is 1.48. The number of rotatable bonds is 6. The second-order valence-electron chi connectivity index (χ2n) is 6.33. The van der Waals surface area contributed by atoms with E-state index in [4.69, 9.17) is 4.74 Å². The number of aromatic nitrogens is 1. The van der Waals surface area contributed by atoms with Crippen LogP contribution in [0.3, 0.4) is 0 Å². The number of hydrogen-bond donors (Lipinski definition) is 2. The molecule has 0 atom stereocenters. The lowest BCUT2D eigenvalue weighted by Crippen LogP contribution is -2.26. The smallest absolute Gasteiger partial charge is 0.343 e. The van der Waals surface area contributed by atoms with E-state index in [1.165, 1.54) is 18.4 Å². The molecule has 1 fully saturated rings.